The third-order valence-electron chi connectivity index (χ3n) is 4.25. The molecule has 150 valence electrons. The van der Waals surface area contributed by atoms with E-state index in [4.69, 9.17) is 25.8 Å². The van der Waals surface area contributed by atoms with Crippen molar-refractivity contribution in [2.45, 2.75) is 30.6 Å². The molecular formula is C19H22ClN3O4S. The number of nitrogens with one attached hydrogen (secondary N) is 1. The number of nitrogens with zero attached hydrogens (tertiary/aromatic N) is 2. The predicted molar refractivity (Wildman–Crippen MR) is 107 cm³/mol. The van der Waals surface area contributed by atoms with Crippen molar-refractivity contribution >= 4 is 29.3 Å². The van der Waals surface area contributed by atoms with Crippen molar-refractivity contribution < 1.29 is 19.0 Å². The Labute approximate surface area is 173 Å². The molecule has 28 heavy (non-hydrogen) atoms. The first kappa shape index (κ1) is 20.7. The van der Waals surface area contributed by atoms with E-state index >= 15 is 0 Å². The summed E-state index contributed by atoms with van der Waals surface area (Å²) in [5.74, 6) is 0.895. The third kappa shape index (κ3) is 5.27. The summed E-state index contributed by atoms with van der Waals surface area (Å²) < 4.78 is 16.8. The highest BCUT2D eigenvalue weighted by atomic mass is 35.5. The number of carbonyl (C=O) groups is 1. The number of thioether (sulfide) groups is 1. The van der Waals surface area contributed by atoms with Gasteiger partial charge in [0.1, 0.15) is 6.61 Å². The number of methoxy groups -OCH3 is 1. The maximum Gasteiger partial charge on any atom is 0.271 e. The summed E-state index contributed by atoms with van der Waals surface area (Å²) in [7, 11) is 1.58. The highest BCUT2D eigenvalue weighted by Crippen LogP contribution is 2.29. The van der Waals surface area contributed by atoms with Crippen LogP contribution >= 0.6 is 23.4 Å². The lowest BCUT2D eigenvalue weighted by molar-refractivity contribution is 0.0669. The number of amides is 1. The number of hydrogen-bond donors (Lipinski definition) is 1. The number of hydrogen-bond acceptors (Lipinski definition) is 7. The van der Waals surface area contributed by atoms with E-state index in [0.29, 0.717) is 29.8 Å². The minimum Gasteiger partial charge on any atom is -0.493 e. The zero-order valence-electron chi connectivity index (χ0n) is 15.7. The number of ether oxygens (including phenoxy) is 3. The molecule has 1 N–H and O–H groups in total. The number of aromatic nitrogens is 2. The number of rotatable bonds is 8. The first-order valence-electron chi connectivity index (χ1n) is 8.86. The van der Waals surface area contributed by atoms with E-state index in [1.165, 1.54) is 18.0 Å². The molecule has 0 saturated carbocycles. The fourth-order valence-electron chi connectivity index (χ4n) is 2.77. The van der Waals surface area contributed by atoms with Gasteiger partial charge in [-0.2, -0.15) is 0 Å². The van der Waals surface area contributed by atoms with Crippen LogP contribution in [0.2, 0.25) is 5.02 Å². The topological polar surface area (TPSA) is 82.6 Å². The molecule has 1 saturated heterocycles. The van der Waals surface area contributed by atoms with Crippen LogP contribution in [0.25, 0.3) is 0 Å². The van der Waals surface area contributed by atoms with Gasteiger partial charge in [-0.25, -0.2) is 9.97 Å². The molecule has 1 fully saturated rings. The van der Waals surface area contributed by atoms with E-state index < -0.39 is 0 Å². The molecule has 2 aromatic rings. The lowest BCUT2D eigenvalue weighted by Gasteiger charge is -2.15. The number of halogens is 1. The second-order valence-electron chi connectivity index (χ2n) is 6.17. The van der Waals surface area contributed by atoms with Gasteiger partial charge in [-0.1, -0.05) is 29.4 Å². The van der Waals surface area contributed by atoms with Gasteiger partial charge in [-0.3, -0.25) is 4.79 Å². The van der Waals surface area contributed by atoms with Crippen molar-refractivity contribution in [2.75, 3.05) is 26.6 Å². The fourth-order valence-corrected chi connectivity index (χ4v) is 3.29. The van der Waals surface area contributed by atoms with E-state index in [9.17, 15) is 4.79 Å². The van der Waals surface area contributed by atoms with Crippen molar-refractivity contribution in [1.82, 2.24) is 15.3 Å². The number of carbonyl (C=O) groups excluding carboxylic acids is 1. The van der Waals surface area contributed by atoms with E-state index in [1.807, 2.05) is 24.5 Å². The standard InChI is InChI=1S/C19H22ClN3O4S/c1-25-16-8-12(5-6-15(16)27-11-13-4-3-7-26-13)9-21-18(24)17-14(20)10-22-19(23-17)28-2/h5-6,8,10,13H,3-4,7,9,11H2,1-2H3,(H,21,24). The molecule has 2 heterocycles. The van der Waals surface area contributed by atoms with Crippen LogP contribution in [-0.4, -0.2) is 48.6 Å². The van der Waals surface area contributed by atoms with Crippen LogP contribution in [0.1, 0.15) is 28.9 Å². The van der Waals surface area contributed by atoms with Crippen LogP contribution in [0.5, 0.6) is 11.5 Å². The molecule has 3 rings (SSSR count). The minimum atomic E-state index is -0.361. The van der Waals surface area contributed by atoms with Gasteiger partial charge in [0.25, 0.3) is 5.91 Å². The molecule has 0 aliphatic carbocycles. The summed E-state index contributed by atoms with van der Waals surface area (Å²) in [6.45, 7) is 1.59. The Morgan fingerprint density at radius 3 is 3.00 bits per heavy atom. The van der Waals surface area contributed by atoms with Crippen LogP contribution in [0.3, 0.4) is 0 Å². The molecule has 7 nitrogen and oxygen atoms in total. The maximum atomic E-state index is 12.4. The normalized spacial score (nSPS) is 16.0. The summed E-state index contributed by atoms with van der Waals surface area (Å²) >= 11 is 7.39. The molecule has 1 unspecified atom stereocenters. The molecular weight excluding hydrogens is 402 g/mol. The molecule has 1 aromatic carbocycles. The second kappa shape index (κ2) is 9.95. The molecule has 1 amide bonds. The first-order chi connectivity index (χ1) is 13.6. The molecule has 0 bridgehead atoms. The van der Waals surface area contributed by atoms with Gasteiger partial charge in [-0.15, -0.1) is 0 Å². The summed E-state index contributed by atoms with van der Waals surface area (Å²) in [5.41, 5.74) is 1.02. The molecule has 1 aliphatic heterocycles. The molecule has 1 aliphatic rings. The van der Waals surface area contributed by atoms with Crippen molar-refractivity contribution in [1.29, 1.82) is 0 Å². The lowest BCUT2D eigenvalue weighted by atomic mass is 10.2. The van der Waals surface area contributed by atoms with Crippen LogP contribution in [0, 0.1) is 0 Å². The first-order valence-corrected chi connectivity index (χ1v) is 10.5. The van der Waals surface area contributed by atoms with Gasteiger partial charge in [0.2, 0.25) is 0 Å². The van der Waals surface area contributed by atoms with Gasteiger partial charge in [-0.05, 0) is 36.8 Å². The summed E-state index contributed by atoms with van der Waals surface area (Å²) in [4.78, 5) is 20.6. The van der Waals surface area contributed by atoms with Crippen molar-refractivity contribution in [3.63, 3.8) is 0 Å². The number of benzene rings is 1. The van der Waals surface area contributed by atoms with Gasteiger partial charge in [0, 0.05) is 13.2 Å². The monoisotopic (exact) mass is 423 g/mol. The zero-order chi connectivity index (χ0) is 19.9. The minimum absolute atomic E-state index is 0.132. The van der Waals surface area contributed by atoms with Crippen LogP contribution in [0.15, 0.2) is 29.6 Å². The zero-order valence-corrected chi connectivity index (χ0v) is 17.3. The second-order valence-corrected chi connectivity index (χ2v) is 7.35. The Morgan fingerprint density at radius 1 is 1.43 bits per heavy atom. The van der Waals surface area contributed by atoms with Crippen LogP contribution in [-0.2, 0) is 11.3 Å². The van der Waals surface area contributed by atoms with Gasteiger partial charge >= 0.3 is 0 Å². The average molecular weight is 424 g/mol. The summed E-state index contributed by atoms with van der Waals surface area (Å²) in [6, 6.07) is 5.54. The van der Waals surface area contributed by atoms with Gasteiger partial charge in [0.05, 0.1) is 24.4 Å². The predicted octanol–water partition coefficient (Wildman–Crippen LogP) is 3.35. The van der Waals surface area contributed by atoms with Gasteiger partial charge < -0.3 is 19.5 Å². The maximum absolute atomic E-state index is 12.4. The van der Waals surface area contributed by atoms with Crippen molar-refractivity contribution in [3.8, 4) is 11.5 Å². The van der Waals surface area contributed by atoms with E-state index in [-0.39, 0.29) is 22.7 Å². The van der Waals surface area contributed by atoms with Crippen LogP contribution in [0.4, 0.5) is 0 Å². The largest absolute Gasteiger partial charge is 0.493 e. The van der Waals surface area contributed by atoms with Crippen molar-refractivity contribution in [3.05, 3.63) is 40.7 Å². The van der Waals surface area contributed by atoms with E-state index in [1.54, 1.807) is 7.11 Å². The Bertz CT molecular complexity index is 831. The van der Waals surface area contributed by atoms with E-state index in [0.717, 1.165) is 25.0 Å². The Balaban J connectivity index is 1.61. The lowest BCUT2D eigenvalue weighted by Crippen LogP contribution is -2.24. The molecule has 1 aromatic heterocycles. The summed E-state index contributed by atoms with van der Waals surface area (Å²) in [5, 5.41) is 3.52. The highest BCUT2D eigenvalue weighted by molar-refractivity contribution is 7.98. The molecule has 1 atom stereocenters. The SMILES string of the molecule is COc1cc(CNC(=O)c2nc(SC)ncc2Cl)ccc1OCC1CCCO1. The molecule has 0 radical (unpaired) electrons. The smallest absolute Gasteiger partial charge is 0.271 e. The Morgan fingerprint density at radius 2 is 2.29 bits per heavy atom. The Kier molecular flexibility index (Phi) is 7.36. The molecule has 0 spiro atoms. The quantitative estimate of drug-likeness (QED) is 0.515. The van der Waals surface area contributed by atoms with Gasteiger partial charge in [0.15, 0.2) is 22.3 Å². The average Bonchev–Trinajstić information content (AvgIpc) is 3.24. The van der Waals surface area contributed by atoms with E-state index in [2.05, 4.69) is 15.3 Å². The van der Waals surface area contributed by atoms with Crippen LogP contribution < -0.4 is 14.8 Å². The Hall–Kier alpha value is -2.03. The third-order valence-corrected chi connectivity index (χ3v) is 5.09. The fraction of sp³-hybridized carbons (Fsp3) is 0.421. The van der Waals surface area contributed by atoms with Crippen molar-refractivity contribution in [2.24, 2.45) is 0 Å². The highest BCUT2D eigenvalue weighted by Gasteiger charge is 2.18. The molecule has 9 heteroatoms. The summed E-state index contributed by atoms with van der Waals surface area (Å²) in [6.07, 6.45) is 5.47.